The second-order valence-corrected chi connectivity index (χ2v) is 6.46. The van der Waals surface area contributed by atoms with Gasteiger partial charge < -0.3 is 5.73 Å². The molecule has 0 radical (unpaired) electrons. The molecule has 1 aliphatic heterocycles. The summed E-state index contributed by atoms with van der Waals surface area (Å²) in [4.78, 5) is 4.37. The smallest absolute Gasteiger partial charge is 0.263 e. The molecule has 5 nitrogen and oxygen atoms in total. The van der Waals surface area contributed by atoms with Gasteiger partial charge in [-0.3, -0.25) is 9.71 Å². The highest BCUT2D eigenvalue weighted by molar-refractivity contribution is 8.15. The number of hydrogen-bond donors (Lipinski definition) is 2. The van der Waals surface area contributed by atoms with Gasteiger partial charge in [0, 0.05) is 11.4 Å². The van der Waals surface area contributed by atoms with Gasteiger partial charge in [0.2, 0.25) is 0 Å². The largest absolute Gasteiger partial charge is 0.399 e. The predicted octanol–water partition coefficient (Wildman–Crippen LogP) is 1.04. The van der Waals surface area contributed by atoms with Gasteiger partial charge in [0.25, 0.3) is 10.0 Å². The molecule has 0 spiro atoms. The Bertz CT molecular complexity index is 537. The molecule has 0 aromatic heterocycles. The molecule has 0 aliphatic carbocycles. The van der Waals surface area contributed by atoms with Crippen molar-refractivity contribution in [3.8, 4) is 0 Å². The molecule has 0 unspecified atom stereocenters. The van der Waals surface area contributed by atoms with E-state index < -0.39 is 10.0 Å². The molecule has 1 heterocycles. The Morgan fingerprint density at radius 1 is 1.41 bits per heavy atom. The SMILES string of the molecule is C[C@@H]1CSC(NS(=O)(=O)c2ccc(N)cc2)=N1. The lowest BCUT2D eigenvalue weighted by molar-refractivity contribution is 0.593. The summed E-state index contributed by atoms with van der Waals surface area (Å²) in [5.74, 6) is 0.805. The third kappa shape index (κ3) is 2.92. The van der Waals surface area contributed by atoms with Gasteiger partial charge in [0.15, 0.2) is 5.17 Å². The maximum Gasteiger partial charge on any atom is 0.263 e. The van der Waals surface area contributed by atoms with Gasteiger partial charge in [-0.05, 0) is 31.2 Å². The fourth-order valence-electron chi connectivity index (χ4n) is 1.35. The molecule has 17 heavy (non-hydrogen) atoms. The van der Waals surface area contributed by atoms with Gasteiger partial charge in [0.05, 0.1) is 10.9 Å². The van der Waals surface area contributed by atoms with Gasteiger partial charge in [-0.1, -0.05) is 11.8 Å². The van der Waals surface area contributed by atoms with Crippen LogP contribution in [0.1, 0.15) is 6.92 Å². The van der Waals surface area contributed by atoms with Crippen molar-refractivity contribution in [3.63, 3.8) is 0 Å². The molecule has 1 aliphatic rings. The number of sulfonamides is 1. The molecule has 92 valence electrons. The third-order valence-electron chi connectivity index (χ3n) is 2.21. The number of nitrogens with one attached hydrogen (secondary N) is 1. The van der Waals surface area contributed by atoms with Crippen LogP contribution >= 0.6 is 11.8 Å². The molecule has 1 aromatic rings. The minimum absolute atomic E-state index is 0.157. The van der Waals surface area contributed by atoms with Crippen molar-refractivity contribution in [2.45, 2.75) is 17.9 Å². The highest BCUT2D eigenvalue weighted by Crippen LogP contribution is 2.18. The lowest BCUT2D eigenvalue weighted by atomic mass is 10.3. The first kappa shape index (κ1) is 12.3. The van der Waals surface area contributed by atoms with Crippen LogP contribution in [0, 0.1) is 0 Å². The van der Waals surface area contributed by atoms with Gasteiger partial charge in [-0.2, -0.15) is 0 Å². The van der Waals surface area contributed by atoms with Crippen LogP contribution in [0.3, 0.4) is 0 Å². The van der Waals surface area contributed by atoms with E-state index >= 15 is 0 Å². The highest BCUT2D eigenvalue weighted by Gasteiger charge is 2.20. The number of hydrogen-bond acceptors (Lipinski definition) is 5. The molecule has 0 saturated carbocycles. The number of thioether (sulfide) groups is 1. The van der Waals surface area contributed by atoms with Crippen LogP contribution in [0.15, 0.2) is 34.2 Å². The predicted molar refractivity (Wildman–Crippen MR) is 70.5 cm³/mol. The fourth-order valence-corrected chi connectivity index (χ4v) is 3.54. The Morgan fingerprint density at radius 2 is 2.06 bits per heavy atom. The Kier molecular flexibility index (Phi) is 3.30. The maximum absolute atomic E-state index is 12.0. The standard InChI is InChI=1S/C10H13N3O2S2/c1-7-6-16-10(12-7)13-17(14,15)9-4-2-8(11)3-5-9/h2-5,7H,6,11H2,1H3,(H,12,13)/t7-/m1/s1. The van der Waals surface area contributed by atoms with Crippen molar-refractivity contribution in [2.75, 3.05) is 11.5 Å². The van der Waals surface area contributed by atoms with Crippen molar-refractivity contribution < 1.29 is 8.42 Å². The van der Waals surface area contributed by atoms with E-state index in [2.05, 4.69) is 9.71 Å². The van der Waals surface area contributed by atoms with E-state index in [9.17, 15) is 8.42 Å². The average Bonchev–Trinajstić information content (AvgIpc) is 2.63. The van der Waals surface area contributed by atoms with Crippen LogP contribution in [-0.2, 0) is 10.0 Å². The average molecular weight is 271 g/mol. The van der Waals surface area contributed by atoms with Crippen molar-refractivity contribution in [3.05, 3.63) is 24.3 Å². The van der Waals surface area contributed by atoms with Gasteiger partial charge >= 0.3 is 0 Å². The number of nitrogens with two attached hydrogens (primary N) is 1. The Labute approximate surface area is 105 Å². The topological polar surface area (TPSA) is 84.5 Å². The molecule has 0 fully saturated rings. The number of nitrogen functional groups attached to an aromatic ring is 1. The molecule has 1 aromatic carbocycles. The van der Waals surface area contributed by atoms with Crippen molar-refractivity contribution in [2.24, 2.45) is 4.99 Å². The lowest BCUT2D eigenvalue weighted by Gasteiger charge is -2.06. The normalized spacial score (nSPS) is 20.1. The first-order valence-electron chi connectivity index (χ1n) is 5.06. The van der Waals surface area contributed by atoms with E-state index in [0.29, 0.717) is 10.9 Å². The van der Waals surface area contributed by atoms with E-state index in [1.165, 1.54) is 23.9 Å². The minimum Gasteiger partial charge on any atom is -0.399 e. The molecular weight excluding hydrogens is 258 g/mol. The second kappa shape index (κ2) is 4.58. The van der Waals surface area contributed by atoms with Crippen molar-refractivity contribution >= 4 is 32.6 Å². The summed E-state index contributed by atoms with van der Waals surface area (Å²) >= 11 is 1.41. The zero-order valence-electron chi connectivity index (χ0n) is 9.25. The number of amidine groups is 1. The highest BCUT2D eigenvalue weighted by atomic mass is 32.2. The van der Waals surface area contributed by atoms with Crippen LogP contribution < -0.4 is 10.5 Å². The molecule has 0 amide bonds. The molecule has 2 rings (SSSR count). The van der Waals surface area contributed by atoms with E-state index in [1.807, 2.05) is 6.92 Å². The Hall–Kier alpha value is -1.21. The van der Waals surface area contributed by atoms with Gasteiger partial charge in [0.1, 0.15) is 0 Å². The molecule has 0 bridgehead atoms. The third-order valence-corrected chi connectivity index (χ3v) is 4.83. The molecule has 3 N–H and O–H groups in total. The first-order chi connectivity index (χ1) is 7.97. The van der Waals surface area contributed by atoms with Crippen molar-refractivity contribution in [1.29, 1.82) is 0 Å². The van der Waals surface area contributed by atoms with Gasteiger partial charge in [-0.25, -0.2) is 8.42 Å². The Balaban J connectivity index is 2.20. The molecule has 1 atom stereocenters. The summed E-state index contributed by atoms with van der Waals surface area (Å²) in [6, 6.07) is 6.22. The van der Waals surface area contributed by atoms with Crippen LogP contribution in [0.25, 0.3) is 0 Å². The number of aliphatic imine (C=N–C) groups is 1. The number of anilines is 1. The van der Waals surface area contributed by atoms with Crippen LogP contribution in [0.5, 0.6) is 0 Å². The second-order valence-electron chi connectivity index (χ2n) is 3.77. The van der Waals surface area contributed by atoms with E-state index in [-0.39, 0.29) is 10.9 Å². The van der Waals surface area contributed by atoms with E-state index in [1.54, 1.807) is 12.1 Å². The summed E-state index contributed by atoms with van der Waals surface area (Å²) < 4.78 is 26.4. The molecule has 7 heteroatoms. The van der Waals surface area contributed by atoms with Gasteiger partial charge in [-0.15, -0.1) is 0 Å². The molecule has 0 saturated heterocycles. The summed E-state index contributed by atoms with van der Waals surface area (Å²) in [6.45, 7) is 1.94. The lowest BCUT2D eigenvalue weighted by Crippen LogP contribution is -2.27. The summed E-state index contributed by atoms with van der Waals surface area (Å²) in [6.07, 6.45) is 0. The number of nitrogens with zero attached hydrogens (tertiary/aromatic N) is 1. The zero-order valence-corrected chi connectivity index (χ0v) is 10.9. The summed E-state index contributed by atoms with van der Waals surface area (Å²) in [5.41, 5.74) is 6.04. The quantitative estimate of drug-likeness (QED) is 0.787. The zero-order chi connectivity index (χ0) is 12.5. The van der Waals surface area contributed by atoms with E-state index in [4.69, 9.17) is 5.73 Å². The minimum atomic E-state index is -3.54. The van der Waals surface area contributed by atoms with Crippen LogP contribution in [-0.4, -0.2) is 25.4 Å². The first-order valence-corrected chi connectivity index (χ1v) is 7.53. The maximum atomic E-state index is 12.0. The Morgan fingerprint density at radius 3 is 2.59 bits per heavy atom. The summed E-state index contributed by atoms with van der Waals surface area (Å²) in [7, 11) is -3.54. The number of benzene rings is 1. The molecular formula is C10H13N3O2S2. The monoisotopic (exact) mass is 271 g/mol. The number of rotatable bonds is 2. The van der Waals surface area contributed by atoms with E-state index in [0.717, 1.165) is 5.75 Å². The summed E-state index contributed by atoms with van der Waals surface area (Å²) in [5, 5.41) is 0.453. The van der Waals surface area contributed by atoms with Crippen LogP contribution in [0.4, 0.5) is 5.69 Å². The van der Waals surface area contributed by atoms with Crippen molar-refractivity contribution in [1.82, 2.24) is 4.72 Å². The fraction of sp³-hybridized carbons (Fsp3) is 0.300. The van der Waals surface area contributed by atoms with Crippen LogP contribution in [0.2, 0.25) is 0 Å².